The van der Waals surface area contributed by atoms with E-state index in [-0.39, 0.29) is 28.2 Å². The average Bonchev–Trinajstić information content (AvgIpc) is 3.07. The Morgan fingerprint density at radius 1 is 0.968 bits per heavy atom. The van der Waals surface area contributed by atoms with E-state index < -0.39 is 7.11 Å². The Morgan fingerprint density at radius 2 is 1.61 bits per heavy atom. The molecule has 5 nitrogen and oxygen atoms in total. The predicted molar refractivity (Wildman–Crippen MR) is 113 cm³/mol. The number of benzene rings is 1. The van der Waals surface area contributed by atoms with Gasteiger partial charge in [0.2, 0.25) is 0 Å². The van der Waals surface area contributed by atoms with E-state index in [4.69, 9.17) is 9.31 Å². The van der Waals surface area contributed by atoms with Crippen molar-refractivity contribution in [3.8, 4) is 12.1 Å². The summed E-state index contributed by atoms with van der Waals surface area (Å²) < 4.78 is 40.4. The molecule has 0 radical (unpaired) electrons. The predicted octanol–water partition coefficient (Wildman–Crippen LogP) is 4.28. The van der Waals surface area contributed by atoms with Crippen LogP contribution < -0.4 is 0 Å². The van der Waals surface area contributed by atoms with Crippen LogP contribution in [-0.4, -0.2) is 31.5 Å². The first kappa shape index (κ1) is 20.1. The van der Waals surface area contributed by atoms with Gasteiger partial charge in [-0.25, -0.2) is 4.58 Å². The van der Waals surface area contributed by atoms with Crippen molar-refractivity contribution in [2.75, 3.05) is 14.1 Å². The molecule has 1 aromatic carbocycles. The van der Waals surface area contributed by atoms with Crippen LogP contribution in [0.1, 0.15) is 11.1 Å². The molecule has 0 spiro atoms. The Labute approximate surface area is 178 Å². The second-order valence-corrected chi connectivity index (χ2v) is 7.18. The van der Waals surface area contributed by atoms with Crippen molar-refractivity contribution in [3.05, 3.63) is 94.3 Å². The molecule has 1 aliphatic heterocycles. The molecule has 3 aliphatic rings. The minimum Gasteiger partial charge on any atom is -0.627 e. The molecule has 0 atom stereocenters. The summed E-state index contributed by atoms with van der Waals surface area (Å²) in [6.45, 7) is 0. The molecule has 0 N–H and O–H groups in total. The van der Waals surface area contributed by atoms with E-state index in [0.717, 1.165) is 11.3 Å². The van der Waals surface area contributed by atoms with Crippen molar-refractivity contribution in [2.45, 2.75) is 0 Å². The molecule has 0 saturated heterocycles. The zero-order chi connectivity index (χ0) is 22.2. The van der Waals surface area contributed by atoms with Gasteiger partial charge in [-0.3, -0.25) is 0 Å². The van der Waals surface area contributed by atoms with Crippen LogP contribution >= 0.6 is 0 Å². The maximum Gasteiger partial charge on any atom is 0.725 e. The molecule has 1 aromatic rings. The lowest BCUT2D eigenvalue weighted by molar-refractivity contribution is -0.462. The summed E-state index contributed by atoms with van der Waals surface area (Å²) in [4.78, 5) is 0. The minimum atomic E-state index is -4.61. The van der Waals surface area contributed by atoms with Crippen molar-refractivity contribution in [1.82, 2.24) is 0 Å². The number of nitrogens with zero attached hydrogens (tertiary/aromatic N) is 3. The van der Waals surface area contributed by atoms with E-state index in [1.54, 1.807) is 30.3 Å². The molecule has 1 heterocycles. The number of hydrogen-bond donors (Lipinski definition) is 0. The summed E-state index contributed by atoms with van der Waals surface area (Å²) in [6.07, 6.45) is 10.5. The average molecular weight is 415 g/mol. The SMILES string of the molecule is C[N+](C)=C1C=CC(=C/C=C2\O[B-](F)(F)OC3=C2C(=C(C#N)C#N)c2ccccc23)C=C1. The van der Waals surface area contributed by atoms with E-state index in [1.165, 1.54) is 6.08 Å². The minimum absolute atomic E-state index is 0.0903. The second kappa shape index (κ2) is 7.58. The van der Waals surface area contributed by atoms with Crippen LogP contribution in [0.25, 0.3) is 11.3 Å². The Balaban J connectivity index is 1.88. The summed E-state index contributed by atoms with van der Waals surface area (Å²) in [5.41, 5.74) is 2.83. The van der Waals surface area contributed by atoms with Gasteiger partial charge in [-0.15, -0.1) is 0 Å². The standard InChI is InChI=1S/C23H16BF2N3O2/c1-29(2)17-10-7-15(8-11-17)9-12-20-22-21(16(13-27)14-28)18-5-3-4-6-19(18)23(22)31-24(25,26)30-20/h3-12H,1-2H3/b20-12-. The van der Waals surface area contributed by atoms with Crippen LogP contribution in [0.5, 0.6) is 0 Å². The molecular formula is C23H16BF2N3O2. The number of rotatable bonds is 1. The summed E-state index contributed by atoms with van der Waals surface area (Å²) >= 11 is 0. The largest absolute Gasteiger partial charge is 0.725 e. The quantitative estimate of drug-likeness (QED) is 0.390. The van der Waals surface area contributed by atoms with Crippen molar-refractivity contribution in [3.63, 3.8) is 0 Å². The zero-order valence-electron chi connectivity index (χ0n) is 16.8. The highest BCUT2D eigenvalue weighted by Crippen LogP contribution is 2.51. The van der Waals surface area contributed by atoms with Gasteiger partial charge >= 0.3 is 7.11 Å². The smallest absolute Gasteiger partial charge is 0.627 e. The first-order chi connectivity index (χ1) is 14.8. The molecule has 152 valence electrons. The summed E-state index contributed by atoms with van der Waals surface area (Å²) in [6, 6.07) is 10.4. The van der Waals surface area contributed by atoms with E-state index >= 15 is 0 Å². The number of nitriles is 2. The molecule has 0 fully saturated rings. The topological polar surface area (TPSA) is 69.0 Å². The third kappa shape index (κ3) is 3.60. The van der Waals surface area contributed by atoms with Gasteiger partial charge in [-0.1, -0.05) is 30.3 Å². The maximum absolute atomic E-state index is 14.3. The molecule has 0 aromatic heterocycles. The Kier molecular flexibility index (Phi) is 4.92. The molecular weight excluding hydrogens is 399 g/mol. The fourth-order valence-electron chi connectivity index (χ4n) is 3.58. The maximum atomic E-state index is 14.3. The highest BCUT2D eigenvalue weighted by molar-refractivity contribution is 6.54. The van der Waals surface area contributed by atoms with Gasteiger partial charge < -0.3 is 17.9 Å². The lowest BCUT2D eigenvalue weighted by Gasteiger charge is -2.36. The van der Waals surface area contributed by atoms with Gasteiger partial charge in [-0.05, 0) is 29.4 Å². The van der Waals surface area contributed by atoms with Crippen LogP contribution in [0.3, 0.4) is 0 Å². The Morgan fingerprint density at radius 3 is 2.23 bits per heavy atom. The third-order valence-electron chi connectivity index (χ3n) is 4.99. The van der Waals surface area contributed by atoms with Crippen LogP contribution in [0.15, 0.2) is 83.2 Å². The first-order valence-electron chi connectivity index (χ1n) is 9.44. The van der Waals surface area contributed by atoms with Gasteiger partial charge in [0.15, 0.2) is 5.71 Å². The van der Waals surface area contributed by atoms with Gasteiger partial charge in [0, 0.05) is 23.3 Å². The second-order valence-electron chi connectivity index (χ2n) is 7.18. The zero-order valence-corrected chi connectivity index (χ0v) is 16.8. The third-order valence-corrected chi connectivity index (χ3v) is 4.99. The molecule has 2 aliphatic carbocycles. The molecule has 8 heteroatoms. The molecule has 0 saturated carbocycles. The first-order valence-corrected chi connectivity index (χ1v) is 9.44. The highest BCUT2D eigenvalue weighted by Gasteiger charge is 2.45. The lowest BCUT2D eigenvalue weighted by Crippen LogP contribution is -2.34. The fraction of sp³-hybridized carbons (Fsp3) is 0.0870. The van der Waals surface area contributed by atoms with Crippen LogP contribution in [0.2, 0.25) is 0 Å². The molecule has 0 unspecified atom stereocenters. The van der Waals surface area contributed by atoms with Crippen molar-refractivity contribution >= 4 is 24.1 Å². The van der Waals surface area contributed by atoms with Gasteiger partial charge in [0.25, 0.3) is 0 Å². The number of allylic oxidation sites excluding steroid dienone is 9. The van der Waals surface area contributed by atoms with E-state index in [0.29, 0.717) is 11.1 Å². The molecule has 4 rings (SSSR count). The number of hydrogen-bond acceptors (Lipinski definition) is 4. The van der Waals surface area contributed by atoms with E-state index in [1.807, 2.05) is 55.1 Å². The number of fused-ring (bicyclic) bond motifs is 2. The highest BCUT2D eigenvalue weighted by atomic mass is 19.3. The summed E-state index contributed by atoms with van der Waals surface area (Å²) in [7, 11) is -0.777. The van der Waals surface area contributed by atoms with Crippen LogP contribution in [0, 0.1) is 22.7 Å². The Bertz CT molecular complexity index is 1260. The summed E-state index contributed by atoms with van der Waals surface area (Å²) in [5, 5.41) is 18.9. The van der Waals surface area contributed by atoms with Gasteiger partial charge in [-0.2, -0.15) is 10.5 Å². The van der Waals surface area contributed by atoms with Crippen molar-refractivity contribution in [1.29, 1.82) is 10.5 Å². The monoisotopic (exact) mass is 415 g/mol. The summed E-state index contributed by atoms with van der Waals surface area (Å²) in [5.74, 6) is -0.246. The molecule has 0 amide bonds. The van der Waals surface area contributed by atoms with Crippen LogP contribution in [0.4, 0.5) is 8.63 Å². The Hall–Kier alpha value is -4.17. The molecule has 31 heavy (non-hydrogen) atoms. The van der Waals surface area contributed by atoms with E-state index in [9.17, 15) is 19.2 Å². The van der Waals surface area contributed by atoms with Crippen molar-refractivity contribution in [2.24, 2.45) is 0 Å². The normalized spacial score (nSPS) is 19.2. The molecule has 0 bridgehead atoms. The lowest BCUT2D eigenvalue weighted by atomic mass is 9.95. The van der Waals surface area contributed by atoms with E-state index in [2.05, 4.69) is 0 Å². The van der Waals surface area contributed by atoms with Crippen molar-refractivity contribution < 1.29 is 22.5 Å². The van der Waals surface area contributed by atoms with Gasteiger partial charge in [0.05, 0.1) is 17.1 Å². The fourth-order valence-corrected chi connectivity index (χ4v) is 3.58. The van der Waals surface area contributed by atoms with Crippen LogP contribution in [-0.2, 0) is 9.31 Å². The van der Waals surface area contributed by atoms with Gasteiger partial charge in [0.1, 0.15) is 31.8 Å². The number of halogens is 2.